The Balaban J connectivity index is 1.68. The summed E-state index contributed by atoms with van der Waals surface area (Å²) in [5, 5.41) is 8.27. The van der Waals surface area contributed by atoms with Crippen LogP contribution in [0.3, 0.4) is 0 Å². The summed E-state index contributed by atoms with van der Waals surface area (Å²) in [6.07, 6.45) is 6.08. The number of fused-ring (bicyclic) bond motifs is 3. The van der Waals surface area contributed by atoms with Gasteiger partial charge >= 0.3 is 0 Å². The number of imidazole rings is 1. The molecule has 0 radical (unpaired) electrons. The molecule has 26 heavy (non-hydrogen) atoms. The van der Waals surface area contributed by atoms with Gasteiger partial charge in [0.25, 0.3) is 0 Å². The van der Waals surface area contributed by atoms with Gasteiger partial charge in [-0.25, -0.2) is 9.97 Å². The molecule has 0 bridgehead atoms. The molecule has 0 unspecified atom stereocenters. The van der Waals surface area contributed by atoms with Gasteiger partial charge in [0.2, 0.25) is 0 Å². The molecule has 3 aromatic heterocycles. The van der Waals surface area contributed by atoms with Gasteiger partial charge in [0, 0.05) is 31.0 Å². The van der Waals surface area contributed by atoms with Gasteiger partial charge in [-0.15, -0.1) is 0 Å². The van der Waals surface area contributed by atoms with Crippen LogP contribution in [0.15, 0.2) is 36.7 Å². The van der Waals surface area contributed by atoms with E-state index in [0.717, 1.165) is 39.6 Å². The number of hydrogen-bond acceptors (Lipinski definition) is 6. The fourth-order valence-corrected chi connectivity index (χ4v) is 3.38. The number of hydrogen-bond donors (Lipinski definition) is 1. The van der Waals surface area contributed by atoms with Crippen molar-refractivity contribution in [3.05, 3.63) is 36.7 Å². The molecular weight excluding hydrogens is 348 g/mol. The molecule has 0 atom stereocenters. The van der Waals surface area contributed by atoms with Crippen LogP contribution in [0.25, 0.3) is 28.1 Å². The molecule has 1 N–H and O–H groups in total. The minimum Gasteiger partial charge on any atom is -0.426 e. The van der Waals surface area contributed by atoms with Crippen molar-refractivity contribution in [2.75, 3.05) is 11.6 Å². The number of anilines is 1. The van der Waals surface area contributed by atoms with Gasteiger partial charge in [0.1, 0.15) is 5.75 Å². The third-order valence-corrected chi connectivity index (χ3v) is 4.83. The molecule has 3 heterocycles. The van der Waals surface area contributed by atoms with Crippen molar-refractivity contribution in [2.45, 2.75) is 18.9 Å². The maximum atomic E-state index is 5.53. The second-order valence-electron chi connectivity index (χ2n) is 6.48. The first kappa shape index (κ1) is 15.5. The zero-order valence-corrected chi connectivity index (χ0v) is 15.3. The highest BCUT2D eigenvalue weighted by Crippen LogP contribution is 2.30. The Hall–Kier alpha value is -2.74. The fraction of sp³-hybridized carbons (Fsp3) is 0.278. The van der Waals surface area contributed by atoms with Crippen LogP contribution in [-0.4, -0.2) is 36.4 Å². The van der Waals surface area contributed by atoms with Crippen molar-refractivity contribution in [3.8, 4) is 17.0 Å². The molecule has 7 nitrogen and oxygen atoms in total. The summed E-state index contributed by atoms with van der Waals surface area (Å²) in [6, 6.07) is 10.4. The van der Waals surface area contributed by atoms with E-state index in [4.69, 9.17) is 14.3 Å². The Kier molecular flexibility index (Phi) is 3.53. The first-order chi connectivity index (χ1) is 12.7. The summed E-state index contributed by atoms with van der Waals surface area (Å²) in [5.41, 5.74) is 4.43. The summed E-state index contributed by atoms with van der Waals surface area (Å²) in [7, 11) is 1.98. The normalized spacial score (nSPS) is 14.2. The lowest BCUT2D eigenvalue weighted by Gasteiger charge is -2.06. The maximum Gasteiger partial charge on any atom is 0.167 e. The van der Waals surface area contributed by atoms with Crippen LogP contribution in [0, 0.1) is 0 Å². The molecule has 4 aromatic rings. The van der Waals surface area contributed by atoms with E-state index in [1.165, 1.54) is 24.9 Å². The van der Waals surface area contributed by atoms with E-state index in [2.05, 4.69) is 10.3 Å². The molecule has 1 aliphatic rings. The van der Waals surface area contributed by atoms with Crippen LogP contribution >= 0.6 is 12.0 Å². The van der Waals surface area contributed by atoms with Gasteiger partial charge in [-0.2, -0.15) is 9.61 Å². The van der Waals surface area contributed by atoms with Gasteiger partial charge in [-0.3, -0.25) is 0 Å². The number of aryl methyl sites for hydroxylation is 1. The molecular formula is C18H18N6OS. The van der Waals surface area contributed by atoms with Crippen LogP contribution in [0.5, 0.6) is 5.75 Å². The maximum absolute atomic E-state index is 5.53. The minimum absolute atomic E-state index is 0.512. The molecule has 0 spiro atoms. The standard InChI is InChI=1S/C18H18N6OS/c1-23-10-19-16-17(20-12-6-7-12)21-15-9-14(22-24(15)18(16)23)11-4-3-5-13(8-11)25-26-2/h3-5,8-10,12H,6-7H2,1-2H3,(H,20,21). The van der Waals surface area contributed by atoms with Crippen LogP contribution in [0.1, 0.15) is 12.8 Å². The molecule has 1 aromatic carbocycles. The Bertz CT molecular complexity index is 1110. The zero-order chi connectivity index (χ0) is 17.7. The number of nitrogens with zero attached hydrogens (tertiary/aromatic N) is 5. The lowest BCUT2D eigenvalue weighted by atomic mass is 10.1. The van der Waals surface area contributed by atoms with Crippen LogP contribution in [0.2, 0.25) is 0 Å². The summed E-state index contributed by atoms with van der Waals surface area (Å²) in [4.78, 5) is 9.30. The Morgan fingerprint density at radius 1 is 1.27 bits per heavy atom. The third kappa shape index (κ3) is 2.57. The van der Waals surface area contributed by atoms with E-state index < -0.39 is 0 Å². The molecule has 5 rings (SSSR count). The molecule has 1 fully saturated rings. The van der Waals surface area contributed by atoms with Gasteiger partial charge < -0.3 is 14.1 Å². The lowest BCUT2D eigenvalue weighted by Crippen LogP contribution is -2.06. The highest BCUT2D eigenvalue weighted by molar-refractivity contribution is 7.94. The van der Waals surface area contributed by atoms with Crippen LogP contribution in [0.4, 0.5) is 5.82 Å². The topological polar surface area (TPSA) is 69.3 Å². The van der Waals surface area contributed by atoms with E-state index in [-0.39, 0.29) is 0 Å². The first-order valence-electron chi connectivity index (χ1n) is 8.51. The average Bonchev–Trinajstić information content (AvgIpc) is 3.21. The van der Waals surface area contributed by atoms with Gasteiger partial charge in [-0.05, 0) is 25.0 Å². The summed E-state index contributed by atoms with van der Waals surface area (Å²) in [5.74, 6) is 1.64. The van der Waals surface area contributed by atoms with Crippen LogP contribution in [-0.2, 0) is 7.05 Å². The largest absolute Gasteiger partial charge is 0.426 e. The van der Waals surface area contributed by atoms with E-state index >= 15 is 0 Å². The van der Waals surface area contributed by atoms with Gasteiger partial charge in [0.15, 0.2) is 22.6 Å². The van der Waals surface area contributed by atoms with E-state index in [1.807, 2.05) is 52.7 Å². The number of nitrogens with one attached hydrogen (secondary N) is 1. The fourth-order valence-electron chi connectivity index (χ4n) is 3.08. The lowest BCUT2D eigenvalue weighted by molar-refractivity contribution is 0.650. The Labute approximate surface area is 154 Å². The average molecular weight is 366 g/mol. The molecule has 0 amide bonds. The second kappa shape index (κ2) is 5.91. The van der Waals surface area contributed by atoms with Crippen LogP contribution < -0.4 is 9.50 Å². The smallest absolute Gasteiger partial charge is 0.167 e. The van der Waals surface area contributed by atoms with Crippen molar-refractivity contribution >= 4 is 34.7 Å². The number of aromatic nitrogens is 5. The second-order valence-corrected chi connectivity index (χ2v) is 6.98. The summed E-state index contributed by atoms with van der Waals surface area (Å²) >= 11 is 1.32. The molecule has 132 valence electrons. The van der Waals surface area contributed by atoms with Gasteiger partial charge in [0.05, 0.1) is 24.1 Å². The van der Waals surface area contributed by atoms with E-state index in [9.17, 15) is 0 Å². The molecule has 0 aliphatic heterocycles. The number of rotatable bonds is 5. The van der Waals surface area contributed by atoms with Crippen molar-refractivity contribution in [1.29, 1.82) is 0 Å². The van der Waals surface area contributed by atoms with E-state index in [1.54, 1.807) is 6.33 Å². The minimum atomic E-state index is 0.512. The monoisotopic (exact) mass is 366 g/mol. The summed E-state index contributed by atoms with van der Waals surface area (Å²) in [6.45, 7) is 0. The zero-order valence-electron chi connectivity index (χ0n) is 14.5. The Morgan fingerprint density at radius 3 is 2.96 bits per heavy atom. The molecule has 8 heteroatoms. The Morgan fingerprint density at radius 2 is 2.15 bits per heavy atom. The molecule has 0 saturated heterocycles. The highest BCUT2D eigenvalue weighted by Gasteiger charge is 2.24. The quantitative estimate of drug-likeness (QED) is 0.545. The third-order valence-electron chi connectivity index (χ3n) is 4.48. The summed E-state index contributed by atoms with van der Waals surface area (Å²) < 4.78 is 9.37. The highest BCUT2D eigenvalue weighted by atomic mass is 32.2. The van der Waals surface area contributed by atoms with Gasteiger partial charge in [-0.1, -0.05) is 12.1 Å². The van der Waals surface area contributed by atoms with Crippen molar-refractivity contribution in [2.24, 2.45) is 7.05 Å². The van der Waals surface area contributed by atoms with E-state index in [0.29, 0.717) is 6.04 Å². The first-order valence-corrected chi connectivity index (χ1v) is 9.66. The molecule has 1 aliphatic carbocycles. The SMILES string of the molecule is CSOc1cccc(-c2cc3nc(NC4CC4)c4ncn(C)c4n3n2)c1. The molecule has 1 saturated carbocycles. The van der Waals surface area contributed by atoms with Crippen molar-refractivity contribution < 1.29 is 4.18 Å². The number of benzene rings is 1. The van der Waals surface area contributed by atoms with Crippen molar-refractivity contribution in [1.82, 2.24) is 24.1 Å². The predicted molar refractivity (Wildman–Crippen MR) is 103 cm³/mol. The predicted octanol–water partition coefficient (Wildman–Crippen LogP) is 3.51. The van der Waals surface area contributed by atoms with Crippen molar-refractivity contribution in [3.63, 3.8) is 0 Å².